The van der Waals surface area contributed by atoms with E-state index in [-0.39, 0.29) is 5.91 Å². The molecule has 0 aliphatic carbocycles. The molecule has 0 saturated carbocycles. The van der Waals surface area contributed by atoms with E-state index in [0.717, 1.165) is 45.1 Å². The van der Waals surface area contributed by atoms with E-state index < -0.39 is 0 Å². The van der Waals surface area contributed by atoms with E-state index in [1.54, 1.807) is 6.92 Å². The molecule has 1 aromatic carbocycles. The van der Waals surface area contributed by atoms with E-state index in [4.69, 9.17) is 4.74 Å². The van der Waals surface area contributed by atoms with E-state index in [9.17, 15) is 4.79 Å². The van der Waals surface area contributed by atoms with Crippen LogP contribution in [0.5, 0.6) is 5.75 Å². The maximum absolute atomic E-state index is 11.4. The molecule has 1 amide bonds. The quantitative estimate of drug-likeness (QED) is 0.833. The van der Waals surface area contributed by atoms with E-state index >= 15 is 0 Å². The number of fused-ring (bicyclic) bond motifs is 1. The van der Waals surface area contributed by atoms with Crippen molar-refractivity contribution in [2.75, 3.05) is 39.3 Å². The molecule has 2 heterocycles. The van der Waals surface area contributed by atoms with Crippen molar-refractivity contribution in [3.8, 4) is 5.75 Å². The summed E-state index contributed by atoms with van der Waals surface area (Å²) < 4.78 is 5.74. The minimum atomic E-state index is 0.221. The van der Waals surface area contributed by atoms with Crippen molar-refractivity contribution in [2.45, 2.75) is 6.92 Å². The Morgan fingerprint density at radius 3 is 2.40 bits per heavy atom. The van der Waals surface area contributed by atoms with Crippen LogP contribution >= 0.6 is 0 Å². The zero-order chi connectivity index (χ0) is 13.9. The Morgan fingerprint density at radius 2 is 1.80 bits per heavy atom. The first kappa shape index (κ1) is 13.4. The van der Waals surface area contributed by atoms with Gasteiger partial charge in [0.15, 0.2) is 0 Å². The average Bonchev–Trinajstić information content (AvgIpc) is 2.98. The molecule has 2 aliphatic rings. The average molecular weight is 274 g/mol. The first-order valence-corrected chi connectivity index (χ1v) is 7.38. The molecule has 0 spiro atoms. The van der Waals surface area contributed by atoms with Gasteiger partial charge in [-0.3, -0.25) is 9.69 Å². The van der Waals surface area contributed by atoms with E-state index in [1.807, 2.05) is 35.2 Å². The highest BCUT2D eigenvalue weighted by atomic mass is 16.5. The van der Waals surface area contributed by atoms with Crippen molar-refractivity contribution in [3.05, 3.63) is 30.3 Å². The third kappa shape index (κ3) is 2.96. The standard InChI is InChI=1S/C16H22N2O2/c1-13(19)18-11-14-9-17(10-15(14)12-18)7-8-20-16-5-3-2-4-6-16/h2-6,14-15H,7-12H2,1H3. The Labute approximate surface area is 120 Å². The summed E-state index contributed by atoms with van der Waals surface area (Å²) in [5.74, 6) is 2.49. The predicted molar refractivity (Wildman–Crippen MR) is 77.6 cm³/mol. The van der Waals surface area contributed by atoms with Crippen LogP contribution in [0.4, 0.5) is 0 Å². The highest BCUT2D eigenvalue weighted by Gasteiger charge is 2.40. The molecule has 2 fully saturated rings. The summed E-state index contributed by atoms with van der Waals surface area (Å²) in [5, 5.41) is 0. The van der Waals surface area contributed by atoms with Crippen LogP contribution in [0.25, 0.3) is 0 Å². The van der Waals surface area contributed by atoms with Crippen molar-refractivity contribution >= 4 is 5.91 Å². The lowest BCUT2D eigenvalue weighted by atomic mass is 10.0. The zero-order valence-corrected chi connectivity index (χ0v) is 12.0. The Kier molecular flexibility index (Phi) is 3.92. The maximum atomic E-state index is 11.4. The van der Waals surface area contributed by atoms with Crippen molar-refractivity contribution in [3.63, 3.8) is 0 Å². The maximum Gasteiger partial charge on any atom is 0.219 e. The smallest absolute Gasteiger partial charge is 0.219 e. The van der Waals surface area contributed by atoms with Crippen LogP contribution in [0.3, 0.4) is 0 Å². The molecule has 1 aromatic rings. The van der Waals surface area contributed by atoms with Crippen LogP contribution in [-0.4, -0.2) is 55.0 Å². The lowest BCUT2D eigenvalue weighted by Gasteiger charge is -2.20. The van der Waals surface area contributed by atoms with Crippen LogP contribution in [0.15, 0.2) is 30.3 Å². The number of carbonyl (C=O) groups is 1. The van der Waals surface area contributed by atoms with Crippen LogP contribution in [0.2, 0.25) is 0 Å². The molecule has 108 valence electrons. The van der Waals surface area contributed by atoms with Gasteiger partial charge in [0.2, 0.25) is 5.91 Å². The Balaban J connectivity index is 1.41. The number of amides is 1. The fourth-order valence-electron chi connectivity index (χ4n) is 3.34. The highest BCUT2D eigenvalue weighted by Crippen LogP contribution is 2.30. The third-order valence-corrected chi connectivity index (χ3v) is 4.43. The minimum Gasteiger partial charge on any atom is -0.492 e. The predicted octanol–water partition coefficient (Wildman–Crippen LogP) is 1.48. The molecular weight excluding hydrogens is 252 g/mol. The summed E-state index contributed by atoms with van der Waals surface area (Å²) in [5.41, 5.74) is 0. The molecule has 4 heteroatoms. The van der Waals surface area contributed by atoms with E-state index in [0.29, 0.717) is 11.8 Å². The monoisotopic (exact) mass is 274 g/mol. The van der Waals surface area contributed by atoms with Crippen LogP contribution in [0, 0.1) is 11.8 Å². The fourth-order valence-corrected chi connectivity index (χ4v) is 3.34. The lowest BCUT2D eigenvalue weighted by Crippen LogP contribution is -2.33. The summed E-state index contributed by atoms with van der Waals surface area (Å²) in [6.07, 6.45) is 0. The summed E-state index contributed by atoms with van der Waals surface area (Å²) in [6.45, 7) is 7.47. The minimum absolute atomic E-state index is 0.221. The highest BCUT2D eigenvalue weighted by molar-refractivity contribution is 5.73. The summed E-state index contributed by atoms with van der Waals surface area (Å²) >= 11 is 0. The van der Waals surface area contributed by atoms with Gasteiger partial charge in [0.05, 0.1) is 0 Å². The van der Waals surface area contributed by atoms with Gasteiger partial charge in [0, 0.05) is 39.6 Å². The van der Waals surface area contributed by atoms with Gasteiger partial charge in [-0.2, -0.15) is 0 Å². The van der Waals surface area contributed by atoms with Gasteiger partial charge in [-0.15, -0.1) is 0 Å². The van der Waals surface area contributed by atoms with Gasteiger partial charge in [-0.05, 0) is 24.0 Å². The molecular formula is C16H22N2O2. The Hall–Kier alpha value is -1.55. The first-order chi connectivity index (χ1) is 9.72. The molecule has 4 nitrogen and oxygen atoms in total. The van der Waals surface area contributed by atoms with Crippen molar-refractivity contribution in [1.82, 2.24) is 9.80 Å². The molecule has 0 bridgehead atoms. The van der Waals surface area contributed by atoms with E-state index in [2.05, 4.69) is 4.90 Å². The van der Waals surface area contributed by atoms with Gasteiger partial charge in [-0.25, -0.2) is 0 Å². The number of carbonyl (C=O) groups excluding carboxylic acids is 1. The van der Waals surface area contributed by atoms with Gasteiger partial charge >= 0.3 is 0 Å². The van der Waals surface area contributed by atoms with Gasteiger partial charge < -0.3 is 9.64 Å². The van der Waals surface area contributed by atoms with Crippen LogP contribution in [-0.2, 0) is 4.79 Å². The third-order valence-electron chi connectivity index (χ3n) is 4.43. The van der Waals surface area contributed by atoms with Gasteiger partial charge in [0.25, 0.3) is 0 Å². The van der Waals surface area contributed by atoms with Gasteiger partial charge in [-0.1, -0.05) is 18.2 Å². The number of nitrogens with zero attached hydrogens (tertiary/aromatic N) is 2. The summed E-state index contributed by atoms with van der Waals surface area (Å²) in [6, 6.07) is 9.96. The summed E-state index contributed by atoms with van der Waals surface area (Å²) in [7, 11) is 0. The largest absolute Gasteiger partial charge is 0.492 e. The number of benzene rings is 1. The van der Waals surface area contributed by atoms with Gasteiger partial charge in [0.1, 0.15) is 12.4 Å². The Bertz CT molecular complexity index is 449. The Morgan fingerprint density at radius 1 is 1.15 bits per heavy atom. The number of ether oxygens (including phenoxy) is 1. The molecule has 2 atom stereocenters. The summed E-state index contributed by atoms with van der Waals surface area (Å²) in [4.78, 5) is 15.8. The van der Waals surface area contributed by atoms with Crippen LogP contribution in [0.1, 0.15) is 6.92 Å². The number of likely N-dealkylation sites (tertiary alicyclic amines) is 2. The lowest BCUT2D eigenvalue weighted by molar-refractivity contribution is -0.128. The second-order valence-electron chi connectivity index (χ2n) is 5.87. The molecule has 2 aliphatic heterocycles. The SMILES string of the molecule is CC(=O)N1CC2CN(CCOc3ccccc3)CC2C1. The topological polar surface area (TPSA) is 32.8 Å². The fraction of sp³-hybridized carbons (Fsp3) is 0.562. The van der Waals surface area contributed by atoms with Crippen molar-refractivity contribution < 1.29 is 9.53 Å². The van der Waals surface area contributed by atoms with Crippen LogP contribution < -0.4 is 4.74 Å². The zero-order valence-electron chi connectivity index (χ0n) is 12.0. The number of hydrogen-bond donors (Lipinski definition) is 0. The molecule has 2 unspecified atom stereocenters. The normalized spacial score (nSPS) is 25.8. The number of rotatable bonds is 4. The number of hydrogen-bond acceptors (Lipinski definition) is 3. The van der Waals surface area contributed by atoms with E-state index in [1.165, 1.54) is 0 Å². The number of para-hydroxylation sites is 1. The molecule has 2 saturated heterocycles. The molecule has 0 radical (unpaired) electrons. The molecule has 0 N–H and O–H groups in total. The second-order valence-corrected chi connectivity index (χ2v) is 5.87. The van der Waals surface area contributed by atoms with Crippen molar-refractivity contribution in [2.24, 2.45) is 11.8 Å². The molecule has 3 rings (SSSR count). The molecule has 20 heavy (non-hydrogen) atoms. The first-order valence-electron chi connectivity index (χ1n) is 7.38. The second kappa shape index (κ2) is 5.83. The van der Waals surface area contributed by atoms with Crippen molar-refractivity contribution in [1.29, 1.82) is 0 Å². The molecule has 0 aromatic heterocycles.